The minimum absolute atomic E-state index is 0.704. The number of nitriles is 1. The predicted octanol–water partition coefficient (Wildman–Crippen LogP) is 5.28. The Kier molecular flexibility index (Phi) is 3.74. The topological polar surface area (TPSA) is 51.9 Å². The summed E-state index contributed by atoms with van der Waals surface area (Å²) in [5.74, 6) is 0.704. The van der Waals surface area contributed by atoms with Gasteiger partial charge < -0.3 is 4.98 Å². The molecule has 2 heterocycles. The summed E-state index contributed by atoms with van der Waals surface area (Å²) in [6.07, 6.45) is 5.17. The molecule has 0 fully saturated rings. The van der Waals surface area contributed by atoms with Crippen LogP contribution in [0.2, 0.25) is 0 Å². The lowest BCUT2D eigenvalue weighted by atomic mass is 9.89. The van der Waals surface area contributed by atoms with Gasteiger partial charge in [-0.3, -0.25) is 0 Å². The number of aromatic amines is 1. The first kappa shape index (κ1) is 15.2. The van der Waals surface area contributed by atoms with Crippen molar-refractivity contribution < 1.29 is 0 Å². The van der Waals surface area contributed by atoms with Crippen molar-refractivity contribution in [2.75, 3.05) is 0 Å². The van der Waals surface area contributed by atoms with Crippen molar-refractivity contribution >= 4 is 33.5 Å². The highest BCUT2D eigenvalue weighted by Gasteiger charge is 2.23. The average Bonchev–Trinajstić information content (AvgIpc) is 3.08. The number of H-pyrrole nitrogens is 1. The molecule has 1 N–H and O–H groups in total. The van der Waals surface area contributed by atoms with Crippen molar-refractivity contribution in [3.63, 3.8) is 0 Å². The number of aryl methyl sites for hydroxylation is 1. The maximum atomic E-state index is 9.59. The fourth-order valence-electron chi connectivity index (χ4n) is 3.53. The van der Waals surface area contributed by atoms with Gasteiger partial charge in [-0.15, -0.1) is 11.3 Å². The van der Waals surface area contributed by atoms with Gasteiger partial charge in [0.15, 0.2) is 0 Å². The van der Waals surface area contributed by atoms with Crippen LogP contribution in [0.1, 0.15) is 40.6 Å². The molecule has 0 amide bonds. The molecule has 0 radical (unpaired) electrons. The Hall–Kier alpha value is -2.38. The van der Waals surface area contributed by atoms with E-state index in [0.717, 1.165) is 40.2 Å². The first-order valence-electron chi connectivity index (χ1n) is 8.33. The summed E-state index contributed by atoms with van der Waals surface area (Å²) in [7, 11) is 0. The van der Waals surface area contributed by atoms with Crippen molar-refractivity contribution in [3.05, 3.63) is 51.5 Å². The van der Waals surface area contributed by atoms with Gasteiger partial charge in [-0.1, -0.05) is 25.1 Å². The van der Waals surface area contributed by atoms with Gasteiger partial charge in [0, 0.05) is 33.3 Å². The summed E-state index contributed by atoms with van der Waals surface area (Å²) in [5, 5.41) is 11.6. The summed E-state index contributed by atoms with van der Waals surface area (Å²) >= 11 is 1.69. The molecule has 1 aliphatic carbocycles. The summed E-state index contributed by atoms with van der Waals surface area (Å²) in [6, 6.07) is 10.6. The smallest absolute Gasteiger partial charge is 0.134 e. The molecule has 0 saturated heterocycles. The van der Waals surface area contributed by atoms with Crippen molar-refractivity contribution in [1.82, 2.24) is 4.98 Å². The SMILES string of the molecule is Cc1[nH]c2ccccc2c1/C=N/c1sc2c(c1C#N)CCC(C)C2. The average molecular weight is 333 g/mol. The van der Waals surface area contributed by atoms with Crippen LogP contribution < -0.4 is 0 Å². The summed E-state index contributed by atoms with van der Waals surface area (Å²) in [4.78, 5) is 9.46. The molecule has 24 heavy (non-hydrogen) atoms. The van der Waals surface area contributed by atoms with E-state index in [9.17, 15) is 5.26 Å². The van der Waals surface area contributed by atoms with E-state index in [1.807, 2.05) is 18.3 Å². The van der Waals surface area contributed by atoms with Gasteiger partial charge in [0.1, 0.15) is 11.1 Å². The van der Waals surface area contributed by atoms with E-state index in [-0.39, 0.29) is 0 Å². The van der Waals surface area contributed by atoms with Crippen LogP contribution in [0.3, 0.4) is 0 Å². The Morgan fingerprint density at radius 2 is 2.21 bits per heavy atom. The maximum absolute atomic E-state index is 9.59. The lowest BCUT2D eigenvalue weighted by Gasteiger charge is -2.17. The quantitative estimate of drug-likeness (QED) is 0.637. The zero-order valence-electron chi connectivity index (χ0n) is 13.9. The highest BCUT2D eigenvalue weighted by Crippen LogP contribution is 2.40. The molecule has 1 aromatic carbocycles. The first-order chi connectivity index (χ1) is 11.7. The van der Waals surface area contributed by atoms with Crippen LogP contribution in [0.15, 0.2) is 29.3 Å². The standard InChI is InChI=1S/C20H19N3S/c1-12-7-8-15-16(10-21)20(24-19(15)9-12)22-11-17-13(2)23-18-6-4-3-5-14(17)18/h3-6,11-12,23H,7-9H2,1-2H3/b22-11+. The van der Waals surface area contributed by atoms with Crippen LogP contribution >= 0.6 is 11.3 Å². The fraction of sp³-hybridized carbons (Fsp3) is 0.300. The largest absolute Gasteiger partial charge is 0.358 e. The number of nitrogens with zero attached hydrogens (tertiary/aromatic N) is 2. The Labute approximate surface area is 145 Å². The molecule has 0 saturated carbocycles. The Morgan fingerprint density at radius 3 is 3.04 bits per heavy atom. The number of hydrogen-bond acceptors (Lipinski definition) is 3. The maximum Gasteiger partial charge on any atom is 0.134 e. The van der Waals surface area contributed by atoms with E-state index in [4.69, 9.17) is 4.99 Å². The molecule has 1 unspecified atom stereocenters. The van der Waals surface area contributed by atoms with Crippen LogP contribution in [0.25, 0.3) is 10.9 Å². The summed E-state index contributed by atoms with van der Waals surface area (Å²) in [6.45, 7) is 4.35. The van der Waals surface area contributed by atoms with E-state index in [1.54, 1.807) is 11.3 Å². The van der Waals surface area contributed by atoms with Crippen molar-refractivity contribution in [1.29, 1.82) is 5.26 Å². The van der Waals surface area contributed by atoms with E-state index >= 15 is 0 Å². The van der Waals surface area contributed by atoms with Crippen molar-refractivity contribution in [2.24, 2.45) is 10.9 Å². The molecule has 0 bridgehead atoms. The van der Waals surface area contributed by atoms with Gasteiger partial charge in [0.2, 0.25) is 0 Å². The van der Waals surface area contributed by atoms with Gasteiger partial charge in [-0.25, -0.2) is 4.99 Å². The molecule has 3 aromatic rings. The molecule has 120 valence electrons. The first-order valence-corrected chi connectivity index (χ1v) is 9.15. The molecule has 3 nitrogen and oxygen atoms in total. The third-order valence-electron chi connectivity index (χ3n) is 4.86. The van der Waals surface area contributed by atoms with Crippen LogP contribution in [-0.2, 0) is 12.8 Å². The van der Waals surface area contributed by atoms with Crippen LogP contribution in [0.5, 0.6) is 0 Å². The number of aliphatic imine (C=N–C) groups is 1. The van der Waals surface area contributed by atoms with Gasteiger partial charge >= 0.3 is 0 Å². The second-order valence-electron chi connectivity index (χ2n) is 6.61. The van der Waals surface area contributed by atoms with Crippen LogP contribution in [0.4, 0.5) is 5.00 Å². The number of hydrogen-bond donors (Lipinski definition) is 1. The normalized spacial score (nSPS) is 17.3. The predicted molar refractivity (Wildman–Crippen MR) is 101 cm³/mol. The molecular formula is C20H19N3S. The molecule has 1 aliphatic rings. The van der Waals surface area contributed by atoms with E-state index in [2.05, 4.69) is 37.0 Å². The van der Waals surface area contributed by atoms with Gasteiger partial charge in [0.05, 0.1) is 5.56 Å². The van der Waals surface area contributed by atoms with Crippen molar-refractivity contribution in [2.45, 2.75) is 33.1 Å². The molecule has 4 rings (SSSR count). The Bertz CT molecular complexity index is 984. The number of fused-ring (bicyclic) bond motifs is 2. The number of aromatic nitrogens is 1. The monoisotopic (exact) mass is 333 g/mol. The number of nitrogens with one attached hydrogen (secondary N) is 1. The third kappa shape index (κ3) is 2.46. The van der Waals surface area contributed by atoms with Gasteiger partial charge in [-0.2, -0.15) is 5.26 Å². The highest BCUT2D eigenvalue weighted by molar-refractivity contribution is 7.16. The second kappa shape index (κ2) is 5.92. The zero-order chi connectivity index (χ0) is 16.7. The molecule has 4 heteroatoms. The van der Waals surface area contributed by atoms with Crippen molar-refractivity contribution in [3.8, 4) is 6.07 Å². The number of para-hydroxylation sites is 1. The molecular weight excluding hydrogens is 314 g/mol. The Morgan fingerprint density at radius 1 is 1.38 bits per heavy atom. The lowest BCUT2D eigenvalue weighted by molar-refractivity contribution is 0.507. The lowest BCUT2D eigenvalue weighted by Crippen LogP contribution is -2.09. The summed E-state index contributed by atoms with van der Waals surface area (Å²) in [5.41, 5.74) is 5.36. The highest BCUT2D eigenvalue weighted by atomic mass is 32.1. The molecule has 0 spiro atoms. The van der Waals surface area contributed by atoms with Crippen LogP contribution in [0, 0.1) is 24.2 Å². The van der Waals surface area contributed by atoms with Gasteiger partial charge in [0.25, 0.3) is 0 Å². The molecule has 0 aliphatic heterocycles. The molecule has 2 aromatic heterocycles. The van der Waals surface area contributed by atoms with E-state index in [0.29, 0.717) is 5.92 Å². The number of rotatable bonds is 2. The number of benzene rings is 1. The minimum Gasteiger partial charge on any atom is -0.358 e. The zero-order valence-corrected chi connectivity index (χ0v) is 14.7. The third-order valence-corrected chi connectivity index (χ3v) is 6.02. The number of thiophene rings is 1. The summed E-state index contributed by atoms with van der Waals surface area (Å²) < 4.78 is 0. The second-order valence-corrected chi connectivity index (χ2v) is 7.69. The van der Waals surface area contributed by atoms with Crippen LogP contribution in [-0.4, -0.2) is 11.2 Å². The fourth-order valence-corrected chi connectivity index (χ4v) is 4.84. The minimum atomic E-state index is 0.704. The Balaban J connectivity index is 1.77. The van der Waals surface area contributed by atoms with E-state index in [1.165, 1.54) is 22.2 Å². The van der Waals surface area contributed by atoms with E-state index < -0.39 is 0 Å². The molecule has 1 atom stereocenters. The van der Waals surface area contributed by atoms with Gasteiger partial charge in [-0.05, 0) is 43.7 Å².